The molecule has 2 aromatic heterocycles. The highest BCUT2D eigenvalue weighted by Gasteiger charge is 2.27. The van der Waals surface area contributed by atoms with Crippen LogP contribution in [-0.2, 0) is 5.75 Å². The van der Waals surface area contributed by atoms with Gasteiger partial charge in [0.1, 0.15) is 12.2 Å². The zero-order valence-electron chi connectivity index (χ0n) is 15.5. The van der Waals surface area contributed by atoms with Crippen LogP contribution in [0.3, 0.4) is 0 Å². The Morgan fingerprint density at radius 3 is 2.83 bits per heavy atom. The third-order valence-corrected chi connectivity index (χ3v) is 5.41. The SMILES string of the molecule is Cc1ccc2c(CSc3nnc(C4COc5ccccc5O4)o3)cc(=O)oc2c1. The number of fused-ring (bicyclic) bond motifs is 2. The largest absolute Gasteiger partial charge is 0.485 e. The summed E-state index contributed by atoms with van der Waals surface area (Å²) < 4.78 is 22.6. The van der Waals surface area contributed by atoms with E-state index in [9.17, 15) is 4.79 Å². The second-order valence-electron chi connectivity index (χ2n) is 6.65. The summed E-state index contributed by atoms with van der Waals surface area (Å²) in [4.78, 5) is 11.9. The first-order valence-corrected chi connectivity index (χ1v) is 10.0. The number of para-hydroxylation sites is 2. The van der Waals surface area contributed by atoms with E-state index in [1.807, 2.05) is 49.4 Å². The van der Waals surface area contributed by atoms with Crippen molar-refractivity contribution in [3.05, 3.63) is 76.0 Å². The van der Waals surface area contributed by atoms with Gasteiger partial charge in [0.25, 0.3) is 11.1 Å². The summed E-state index contributed by atoms with van der Waals surface area (Å²) in [6, 6.07) is 14.7. The predicted molar refractivity (Wildman–Crippen MR) is 106 cm³/mol. The van der Waals surface area contributed by atoms with Gasteiger partial charge in [0.15, 0.2) is 11.5 Å². The molecule has 0 bridgehead atoms. The van der Waals surface area contributed by atoms with Crippen molar-refractivity contribution in [1.82, 2.24) is 10.2 Å². The van der Waals surface area contributed by atoms with Crippen molar-refractivity contribution >= 4 is 22.7 Å². The standard InChI is InChI=1S/C21H16N2O5S/c1-12-6-7-14-13(9-19(24)27-17(14)8-12)11-29-21-23-22-20(28-21)18-10-25-15-4-2-3-5-16(15)26-18/h2-9,18H,10-11H2,1H3. The van der Waals surface area contributed by atoms with Gasteiger partial charge in [-0.2, -0.15) is 0 Å². The Bertz CT molecular complexity index is 1250. The number of ether oxygens (including phenoxy) is 2. The molecule has 5 rings (SSSR count). The molecule has 2 aromatic carbocycles. The minimum absolute atomic E-state index is 0.299. The van der Waals surface area contributed by atoms with Gasteiger partial charge in [0.2, 0.25) is 6.10 Å². The number of rotatable bonds is 4. The minimum Gasteiger partial charge on any atom is -0.485 e. The molecule has 0 amide bonds. The average molecular weight is 408 g/mol. The van der Waals surface area contributed by atoms with E-state index in [-0.39, 0.29) is 5.63 Å². The van der Waals surface area contributed by atoms with Crippen LogP contribution in [0.1, 0.15) is 23.1 Å². The molecule has 29 heavy (non-hydrogen) atoms. The van der Waals surface area contributed by atoms with Gasteiger partial charge >= 0.3 is 5.63 Å². The zero-order chi connectivity index (χ0) is 19.8. The Balaban J connectivity index is 1.33. The molecule has 0 radical (unpaired) electrons. The van der Waals surface area contributed by atoms with E-state index < -0.39 is 6.10 Å². The monoisotopic (exact) mass is 408 g/mol. The lowest BCUT2D eigenvalue weighted by molar-refractivity contribution is 0.0686. The highest BCUT2D eigenvalue weighted by molar-refractivity contribution is 7.98. The summed E-state index contributed by atoms with van der Waals surface area (Å²) in [5, 5.41) is 9.47. The molecule has 4 aromatic rings. The molecule has 0 N–H and O–H groups in total. The number of aromatic nitrogens is 2. The quantitative estimate of drug-likeness (QED) is 0.365. The molecule has 1 aliphatic rings. The van der Waals surface area contributed by atoms with E-state index in [4.69, 9.17) is 18.3 Å². The fourth-order valence-electron chi connectivity index (χ4n) is 3.15. The molecule has 0 spiro atoms. The molecule has 0 saturated heterocycles. The van der Waals surface area contributed by atoms with E-state index in [2.05, 4.69) is 10.2 Å². The Labute approximate surface area is 169 Å². The van der Waals surface area contributed by atoms with Crippen molar-refractivity contribution in [2.24, 2.45) is 0 Å². The summed E-state index contributed by atoms with van der Waals surface area (Å²) in [5.74, 6) is 2.20. The van der Waals surface area contributed by atoms with Crippen molar-refractivity contribution in [1.29, 1.82) is 0 Å². The molecular formula is C21H16N2O5S. The second-order valence-corrected chi connectivity index (χ2v) is 7.58. The Hall–Kier alpha value is -3.26. The lowest BCUT2D eigenvalue weighted by Gasteiger charge is -2.23. The minimum atomic E-state index is -0.459. The van der Waals surface area contributed by atoms with Gasteiger partial charge < -0.3 is 18.3 Å². The van der Waals surface area contributed by atoms with Crippen molar-refractivity contribution in [2.45, 2.75) is 24.0 Å². The zero-order valence-corrected chi connectivity index (χ0v) is 16.3. The summed E-state index contributed by atoms with van der Waals surface area (Å²) in [5.41, 5.74) is 2.08. The first-order valence-electron chi connectivity index (χ1n) is 9.04. The second kappa shape index (κ2) is 7.29. The van der Waals surface area contributed by atoms with E-state index in [1.165, 1.54) is 17.8 Å². The lowest BCUT2D eigenvalue weighted by Crippen LogP contribution is -2.21. The first-order chi connectivity index (χ1) is 14.2. The molecule has 1 unspecified atom stereocenters. The summed E-state index contributed by atoms with van der Waals surface area (Å²) >= 11 is 1.35. The predicted octanol–water partition coefficient (Wildman–Crippen LogP) is 4.29. The van der Waals surface area contributed by atoms with Crippen LogP contribution in [0, 0.1) is 6.92 Å². The van der Waals surface area contributed by atoms with Crippen LogP contribution in [0.4, 0.5) is 0 Å². The number of hydrogen-bond acceptors (Lipinski definition) is 8. The van der Waals surface area contributed by atoms with Crippen LogP contribution in [0.15, 0.2) is 67.4 Å². The molecular weight excluding hydrogens is 392 g/mol. The lowest BCUT2D eigenvalue weighted by atomic mass is 10.1. The van der Waals surface area contributed by atoms with E-state index in [1.54, 1.807) is 0 Å². The van der Waals surface area contributed by atoms with Crippen molar-refractivity contribution in [2.75, 3.05) is 6.61 Å². The summed E-state index contributed by atoms with van der Waals surface area (Å²) in [6.07, 6.45) is -0.459. The number of aryl methyl sites for hydroxylation is 1. The molecule has 0 fully saturated rings. The molecule has 0 aliphatic carbocycles. The third-order valence-electron chi connectivity index (χ3n) is 4.54. The number of nitrogens with zero attached hydrogens (tertiary/aromatic N) is 2. The number of thioether (sulfide) groups is 1. The van der Waals surface area contributed by atoms with Crippen molar-refractivity contribution in [3.8, 4) is 11.5 Å². The van der Waals surface area contributed by atoms with Crippen LogP contribution >= 0.6 is 11.8 Å². The smallest absolute Gasteiger partial charge is 0.336 e. The summed E-state index contributed by atoms with van der Waals surface area (Å²) in [6.45, 7) is 2.25. The Morgan fingerprint density at radius 2 is 1.93 bits per heavy atom. The van der Waals surface area contributed by atoms with E-state index in [0.29, 0.717) is 40.6 Å². The highest BCUT2D eigenvalue weighted by atomic mass is 32.2. The third kappa shape index (κ3) is 3.58. The van der Waals surface area contributed by atoms with Gasteiger partial charge in [-0.3, -0.25) is 0 Å². The molecule has 1 aliphatic heterocycles. The first kappa shape index (κ1) is 17.8. The number of hydrogen-bond donors (Lipinski definition) is 0. The fourth-order valence-corrected chi connectivity index (χ4v) is 3.91. The van der Waals surface area contributed by atoms with Crippen LogP contribution in [0.2, 0.25) is 0 Å². The van der Waals surface area contributed by atoms with Gasteiger partial charge in [0.05, 0.1) is 0 Å². The van der Waals surface area contributed by atoms with Gasteiger partial charge in [-0.25, -0.2) is 4.79 Å². The Kier molecular flexibility index (Phi) is 4.48. The van der Waals surface area contributed by atoms with Gasteiger partial charge in [-0.05, 0) is 36.2 Å². The highest BCUT2D eigenvalue weighted by Crippen LogP contribution is 2.36. The van der Waals surface area contributed by atoms with Crippen LogP contribution < -0.4 is 15.1 Å². The van der Waals surface area contributed by atoms with E-state index in [0.717, 1.165) is 16.5 Å². The summed E-state index contributed by atoms with van der Waals surface area (Å²) in [7, 11) is 0. The Morgan fingerprint density at radius 1 is 1.07 bits per heavy atom. The van der Waals surface area contributed by atoms with Gasteiger partial charge in [-0.1, -0.05) is 36.0 Å². The molecule has 146 valence electrons. The van der Waals surface area contributed by atoms with Crippen molar-refractivity contribution < 1.29 is 18.3 Å². The fraction of sp³-hybridized carbons (Fsp3) is 0.190. The van der Waals surface area contributed by atoms with Crippen LogP contribution in [0.5, 0.6) is 11.5 Å². The maximum Gasteiger partial charge on any atom is 0.336 e. The topological polar surface area (TPSA) is 87.6 Å². The van der Waals surface area contributed by atoms with Gasteiger partial charge in [0, 0.05) is 17.2 Å². The maximum absolute atomic E-state index is 11.9. The maximum atomic E-state index is 11.9. The average Bonchev–Trinajstić information content (AvgIpc) is 3.20. The molecule has 0 saturated carbocycles. The molecule has 1 atom stereocenters. The normalized spacial score (nSPS) is 15.6. The molecule has 8 heteroatoms. The van der Waals surface area contributed by atoms with Crippen LogP contribution in [-0.4, -0.2) is 16.8 Å². The van der Waals surface area contributed by atoms with E-state index >= 15 is 0 Å². The molecule has 7 nitrogen and oxygen atoms in total. The number of benzene rings is 2. The van der Waals surface area contributed by atoms with Crippen molar-refractivity contribution in [3.63, 3.8) is 0 Å². The van der Waals surface area contributed by atoms with Gasteiger partial charge in [-0.15, -0.1) is 10.2 Å². The molecule has 3 heterocycles. The van der Waals surface area contributed by atoms with Crippen LogP contribution in [0.25, 0.3) is 11.0 Å².